The van der Waals surface area contributed by atoms with E-state index in [1.54, 1.807) is 36.4 Å². The highest BCUT2D eigenvalue weighted by atomic mass is 32.1. The largest absolute Gasteiger partial charge is 0.435 e. The molecule has 0 spiro atoms. The third-order valence-corrected chi connectivity index (χ3v) is 5.29. The Morgan fingerprint density at radius 1 is 1.15 bits per heavy atom. The molecule has 2 heterocycles. The number of amides is 1. The standard InChI is InChI=1S/C21H13F3N6O3S/c22-21(23,24)18-10-17(13-6-2-1-3-7-13)29(28-18)20-26-15(12-34-20)19(31)27-25-11-14-8-4-5-9-16(14)30(32)33/h1-12H,(H,27,31)/b25-11+. The van der Waals surface area contributed by atoms with Crippen molar-refractivity contribution in [2.45, 2.75) is 6.18 Å². The summed E-state index contributed by atoms with van der Waals surface area (Å²) in [6.07, 6.45) is -3.55. The summed E-state index contributed by atoms with van der Waals surface area (Å²) in [5.74, 6) is -0.748. The van der Waals surface area contributed by atoms with Gasteiger partial charge in [-0.05, 0) is 12.1 Å². The van der Waals surface area contributed by atoms with Gasteiger partial charge in [0.15, 0.2) is 5.69 Å². The SMILES string of the molecule is O=C(N/N=C/c1ccccc1[N+](=O)[O-])c1csc(-n2nc(C(F)(F)F)cc2-c2ccccc2)n1. The molecule has 0 radical (unpaired) electrons. The average molecular weight is 486 g/mol. The normalized spacial score (nSPS) is 11.6. The highest BCUT2D eigenvalue weighted by molar-refractivity contribution is 7.12. The number of halogens is 3. The Morgan fingerprint density at radius 3 is 2.56 bits per heavy atom. The molecule has 0 aliphatic carbocycles. The minimum absolute atomic E-state index is 0.0437. The summed E-state index contributed by atoms with van der Waals surface area (Å²) >= 11 is 0.920. The molecule has 9 nitrogen and oxygen atoms in total. The van der Waals surface area contributed by atoms with Crippen LogP contribution < -0.4 is 5.43 Å². The Kier molecular flexibility index (Phi) is 6.19. The Bertz CT molecular complexity index is 1380. The lowest BCUT2D eigenvalue weighted by atomic mass is 10.1. The first-order valence-electron chi connectivity index (χ1n) is 9.49. The van der Waals surface area contributed by atoms with E-state index >= 15 is 0 Å². The van der Waals surface area contributed by atoms with Crippen LogP contribution in [0.25, 0.3) is 16.4 Å². The van der Waals surface area contributed by atoms with Gasteiger partial charge in [-0.2, -0.15) is 23.4 Å². The highest BCUT2D eigenvalue weighted by Crippen LogP contribution is 2.33. The van der Waals surface area contributed by atoms with Crippen LogP contribution in [0.15, 0.2) is 71.1 Å². The number of nitro benzene ring substituents is 1. The second kappa shape index (κ2) is 9.23. The van der Waals surface area contributed by atoms with Gasteiger partial charge in [0.1, 0.15) is 5.69 Å². The fourth-order valence-electron chi connectivity index (χ4n) is 2.93. The number of rotatable bonds is 6. The van der Waals surface area contributed by atoms with Gasteiger partial charge < -0.3 is 0 Å². The fraction of sp³-hybridized carbons (Fsp3) is 0.0476. The van der Waals surface area contributed by atoms with Crippen molar-refractivity contribution in [3.8, 4) is 16.4 Å². The molecule has 0 unspecified atom stereocenters. The van der Waals surface area contributed by atoms with E-state index in [0.717, 1.165) is 28.3 Å². The van der Waals surface area contributed by atoms with E-state index in [1.165, 1.54) is 23.6 Å². The predicted molar refractivity (Wildman–Crippen MR) is 118 cm³/mol. The van der Waals surface area contributed by atoms with E-state index in [9.17, 15) is 28.1 Å². The van der Waals surface area contributed by atoms with E-state index in [2.05, 4.69) is 20.6 Å². The fourth-order valence-corrected chi connectivity index (χ4v) is 3.69. The number of alkyl halides is 3. The van der Waals surface area contributed by atoms with Gasteiger partial charge in [0.05, 0.1) is 22.4 Å². The number of carbonyl (C=O) groups is 1. The van der Waals surface area contributed by atoms with E-state index in [0.29, 0.717) is 5.56 Å². The van der Waals surface area contributed by atoms with Crippen LogP contribution >= 0.6 is 11.3 Å². The van der Waals surface area contributed by atoms with Crippen molar-refractivity contribution >= 4 is 29.1 Å². The molecule has 2 aromatic heterocycles. The molecule has 0 fully saturated rings. The third-order valence-electron chi connectivity index (χ3n) is 4.48. The van der Waals surface area contributed by atoms with Crippen LogP contribution in [-0.4, -0.2) is 31.8 Å². The van der Waals surface area contributed by atoms with Gasteiger partial charge in [-0.1, -0.05) is 42.5 Å². The average Bonchev–Trinajstić information content (AvgIpc) is 3.47. The third kappa shape index (κ3) is 4.83. The molecule has 0 atom stereocenters. The number of aromatic nitrogens is 3. The Hall–Kier alpha value is -4.39. The van der Waals surface area contributed by atoms with Crippen LogP contribution in [-0.2, 0) is 6.18 Å². The second-order valence-electron chi connectivity index (χ2n) is 6.72. The summed E-state index contributed by atoms with van der Waals surface area (Å²) < 4.78 is 40.9. The van der Waals surface area contributed by atoms with Gasteiger partial charge in [-0.15, -0.1) is 11.3 Å². The minimum atomic E-state index is -4.67. The number of carbonyl (C=O) groups excluding carboxylic acids is 1. The number of hydrogen-bond acceptors (Lipinski definition) is 7. The van der Waals surface area contributed by atoms with Crippen LogP contribution in [0.5, 0.6) is 0 Å². The molecule has 0 aliphatic heterocycles. The van der Waals surface area contributed by atoms with Crippen molar-refractivity contribution in [1.82, 2.24) is 20.2 Å². The Labute approximate surface area is 193 Å². The molecule has 0 saturated heterocycles. The highest BCUT2D eigenvalue weighted by Gasteiger charge is 2.35. The number of benzene rings is 2. The molecule has 4 rings (SSSR count). The van der Waals surface area contributed by atoms with Crippen molar-refractivity contribution in [3.05, 3.63) is 93.1 Å². The predicted octanol–water partition coefficient (Wildman–Crippen LogP) is 4.69. The van der Waals surface area contributed by atoms with Crippen LogP contribution in [0.2, 0.25) is 0 Å². The van der Waals surface area contributed by atoms with E-state index in [1.807, 2.05) is 0 Å². The summed E-state index contributed by atoms with van der Waals surface area (Å²) in [5, 5.41) is 19.8. The molecule has 1 amide bonds. The number of thiazole rings is 1. The molecule has 0 aliphatic rings. The Balaban J connectivity index is 1.59. The van der Waals surface area contributed by atoms with Crippen LogP contribution in [0.3, 0.4) is 0 Å². The number of nitrogens with one attached hydrogen (secondary N) is 1. The van der Waals surface area contributed by atoms with Gasteiger partial charge in [0.25, 0.3) is 11.6 Å². The zero-order chi connectivity index (χ0) is 24.3. The van der Waals surface area contributed by atoms with Gasteiger partial charge in [-0.25, -0.2) is 15.1 Å². The lowest BCUT2D eigenvalue weighted by Gasteiger charge is -2.03. The van der Waals surface area contributed by atoms with Crippen LogP contribution in [0.1, 0.15) is 21.7 Å². The number of hydrazone groups is 1. The number of hydrogen-bond donors (Lipinski definition) is 1. The maximum absolute atomic E-state index is 13.3. The zero-order valence-electron chi connectivity index (χ0n) is 16.9. The molecule has 1 N–H and O–H groups in total. The van der Waals surface area contributed by atoms with Crippen molar-refractivity contribution < 1.29 is 22.9 Å². The zero-order valence-corrected chi connectivity index (χ0v) is 17.7. The molecular formula is C21H13F3N6O3S. The van der Waals surface area contributed by atoms with E-state index < -0.39 is 22.7 Å². The minimum Gasteiger partial charge on any atom is -0.266 e. The maximum Gasteiger partial charge on any atom is 0.435 e. The smallest absolute Gasteiger partial charge is 0.266 e. The quantitative estimate of drug-likeness (QED) is 0.241. The van der Waals surface area contributed by atoms with Gasteiger partial charge >= 0.3 is 6.18 Å². The first-order valence-corrected chi connectivity index (χ1v) is 10.4. The van der Waals surface area contributed by atoms with Crippen LogP contribution in [0, 0.1) is 10.1 Å². The molecule has 2 aromatic carbocycles. The molecule has 0 saturated carbocycles. The second-order valence-corrected chi connectivity index (χ2v) is 7.56. The molecule has 13 heteroatoms. The number of nitrogens with zero attached hydrogens (tertiary/aromatic N) is 5. The van der Waals surface area contributed by atoms with E-state index in [4.69, 9.17) is 0 Å². The molecule has 172 valence electrons. The van der Waals surface area contributed by atoms with Crippen molar-refractivity contribution in [1.29, 1.82) is 0 Å². The lowest BCUT2D eigenvalue weighted by molar-refractivity contribution is -0.385. The Morgan fingerprint density at radius 2 is 1.85 bits per heavy atom. The van der Waals surface area contributed by atoms with Gasteiger partial charge in [0, 0.05) is 17.0 Å². The van der Waals surface area contributed by atoms with Crippen molar-refractivity contribution in [2.24, 2.45) is 5.10 Å². The summed E-state index contributed by atoms with van der Waals surface area (Å²) in [4.78, 5) is 26.9. The summed E-state index contributed by atoms with van der Waals surface area (Å²) in [6, 6.07) is 15.1. The number of para-hydroxylation sites is 1. The summed E-state index contributed by atoms with van der Waals surface area (Å²) in [5.41, 5.74) is 1.62. The topological polar surface area (TPSA) is 115 Å². The molecule has 4 aromatic rings. The van der Waals surface area contributed by atoms with E-state index in [-0.39, 0.29) is 27.8 Å². The van der Waals surface area contributed by atoms with Gasteiger partial charge in [0.2, 0.25) is 5.13 Å². The molecule has 0 bridgehead atoms. The summed E-state index contributed by atoms with van der Waals surface area (Å²) in [6.45, 7) is 0. The number of nitro groups is 1. The lowest BCUT2D eigenvalue weighted by Crippen LogP contribution is -2.18. The molecular weight excluding hydrogens is 473 g/mol. The maximum atomic E-state index is 13.3. The monoisotopic (exact) mass is 486 g/mol. The first kappa shape index (κ1) is 22.8. The van der Waals surface area contributed by atoms with Crippen molar-refractivity contribution in [3.63, 3.8) is 0 Å². The molecule has 34 heavy (non-hydrogen) atoms. The first-order chi connectivity index (χ1) is 16.2. The van der Waals surface area contributed by atoms with Crippen molar-refractivity contribution in [2.75, 3.05) is 0 Å². The summed E-state index contributed by atoms with van der Waals surface area (Å²) in [7, 11) is 0. The van der Waals surface area contributed by atoms with Gasteiger partial charge in [-0.3, -0.25) is 14.9 Å². The van der Waals surface area contributed by atoms with Crippen LogP contribution in [0.4, 0.5) is 18.9 Å².